The van der Waals surface area contributed by atoms with Crippen molar-refractivity contribution in [2.24, 2.45) is 5.73 Å². The topological polar surface area (TPSA) is 99.1 Å². The predicted molar refractivity (Wildman–Crippen MR) is 49.1 cm³/mol. The summed E-state index contributed by atoms with van der Waals surface area (Å²) >= 11 is 0. The highest BCUT2D eigenvalue weighted by atomic mass is 19.3. The maximum Gasteiger partial charge on any atom is 0.303 e. The number of nitrogens with zero attached hydrogens (tertiary/aromatic N) is 2. The number of aromatic nitrogens is 1. The molecule has 16 heavy (non-hydrogen) atoms. The molecular formula is C8H7F2N3O3. The average Bonchev–Trinajstić information content (AvgIpc) is 2.15. The van der Waals surface area contributed by atoms with Gasteiger partial charge in [-0.15, -0.1) is 0 Å². The number of hydrogen-bond acceptors (Lipinski definition) is 4. The van der Waals surface area contributed by atoms with Crippen LogP contribution in [0.2, 0.25) is 0 Å². The lowest BCUT2D eigenvalue weighted by Gasteiger charge is -2.07. The summed E-state index contributed by atoms with van der Waals surface area (Å²) in [5, 5.41) is 10.6. The maximum absolute atomic E-state index is 12.5. The van der Waals surface area contributed by atoms with Gasteiger partial charge in [-0.1, -0.05) is 0 Å². The Morgan fingerprint density at radius 2 is 2.19 bits per heavy atom. The van der Waals surface area contributed by atoms with Gasteiger partial charge in [0.1, 0.15) is 11.3 Å². The number of amides is 1. The van der Waals surface area contributed by atoms with Crippen molar-refractivity contribution in [2.45, 2.75) is 13.3 Å². The molecule has 0 aromatic carbocycles. The molecule has 0 aliphatic carbocycles. The van der Waals surface area contributed by atoms with E-state index < -0.39 is 34.1 Å². The number of aryl methyl sites for hydroxylation is 1. The summed E-state index contributed by atoms with van der Waals surface area (Å²) in [6.45, 7) is 1.24. The minimum atomic E-state index is -3.05. The van der Waals surface area contributed by atoms with Crippen LogP contribution in [0.5, 0.6) is 0 Å². The van der Waals surface area contributed by atoms with Crippen LogP contribution in [0.25, 0.3) is 0 Å². The molecule has 0 aliphatic rings. The SMILES string of the molecule is Cc1ncc(C(F)F)c(C(N)=O)c1[N+](=O)[O-]. The van der Waals surface area contributed by atoms with E-state index in [1.807, 2.05) is 0 Å². The Bertz CT molecular complexity index is 462. The van der Waals surface area contributed by atoms with Crippen LogP contribution in [0.4, 0.5) is 14.5 Å². The van der Waals surface area contributed by atoms with Crippen molar-refractivity contribution in [3.63, 3.8) is 0 Å². The van der Waals surface area contributed by atoms with Gasteiger partial charge in [0.05, 0.1) is 10.5 Å². The van der Waals surface area contributed by atoms with E-state index >= 15 is 0 Å². The third-order valence-electron chi connectivity index (χ3n) is 1.93. The normalized spacial score (nSPS) is 10.5. The van der Waals surface area contributed by atoms with Gasteiger partial charge in [-0.3, -0.25) is 19.9 Å². The summed E-state index contributed by atoms with van der Waals surface area (Å²) in [6, 6.07) is 0. The van der Waals surface area contributed by atoms with E-state index in [4.69, 9.17) is 5.73 Å². The molecule has 1 aromatic heterocycles. The Balaban J connectivity index is 3.63. The second kappa shape index (κ2) is 4.17. The Kier molecular flexibility index (Phi) is 3.11. The van der Waals surface area contributed by atoms with E-state index in [2.05, 4.69) is 4.98 Å². The van der Waals surface area contributed by atoms with Gasteiger partial charge in [0.25, 0.3) is 12.3 Å². The molecule has 86 valence electrons. The highest BCUT2D eigenvalue weighted by Gasteiger charge is 2.29. The number of nitro groups is 1. The molecular weight excluding hydrogens is 224 g/mol. The molecule has 0 unspecified atom stereocenters. The van der Waals surface area contributed by atoms with Crippen molar-refractivity contribution in [3.8, 4) is 0 Å². The third-order valence-corrected chi connectivity index (χ3v) is 1.93. The quantitative estimate of drug-likeness (QED) is 0.626. The number of rotatable bonds is 3. The molecule has 1 heterocycles. The highest BCUT2D eigenvalue weighted by molar-refractivity contribution is 5.98. The number of primary amides is 1. The standard InChI is InChI=1S/C8H7F2N3O3/c1-3-6(13(15)16)5(8(11)14)4(2-12-3)7(9)10/h2,7H,1H3,(H2,11,14). The van der Waals surface area contributed by atoms with Crippen LogP contribution in [0.15, 0.2) is 6.20 Å². The Morgan fingerprint density at radius 1 is 1.62 bits per heavy atom. The number of hydrogen-bond donors (Lipinski definition) is 1. The molecule has 8 heteroatoms. The molecule has 0 aliphatic heterocycles. The predicted octanol–water partition coefficient (Wildman–Crippen LogP) is 1.33. The summed E-state index contributed by atoms with van der Waals surface area (Å²) in [5.74, 6) is -1.27. The van der Waals surface area contributed by atoms with Crippen LogP contribution >= 0.6 is 0 Å². The van der Waals surface area contributed by atoms with E-state index in [0.29, 0.717) is 6.20 Å². The van der Waals surface area contributed by atoms with Crippen LogP contribution in [0, 0.1) is 17.0 Å². The number of nitrogens with two attached hydrogens (primary N) is 1. The van der Waals surface area contributed by atoms with Gasteiger partial charge in [0.15, 0.2) is 0 Å². The summed E-state index contributed by atoms with van der Waals surface area (Å²) in [7, 11) is 0. The van der Waals surface area contributed by atoms with Gasteiger partial charge in [-0.05, 0) is 6.92 Å². The number of pyridine rings is 1. The molecule has 1 aromatic rings. The van der Waals surface area contributed by atoms with Crippen molar-refractivity contribution in [1.82, 2.24) is 4.98 Å². The van der Waals surface area contributed by atoms with Crippen LogP contribution in [0.3, 0.4) is 0 Å². The fraction of sp³-hybridized carbons (Fsp3) is 0.250. The van der Waals surface area contributed by atoms with E-state index in [-0.39, 0.29) is 5.69 Å². The molecule has 0 radical (unpaired) electrons. The van der Waals surface area contributed by atoms with Gasteiger partial charge >= 0.3 is 5.69 Å². The smallest absolute Gasteiger partial charge is 0.303 e. The van der Waals surface area contributed by atoms with Crippen molar-refractivity contribution in [2.75, 3.05) is 0 Å². The Labute approximate surface area is 88.2 Å². The molecule has 0 atom stereocenters. The van der Waals surface area contributed by atoms with Crippen LogP contribution in [-0.4, -0.2) is 15.8 Å². The fourth-order valence-electron chi connectivity index (χ4n) is 1.26. The van der Waals surface area contributed by atoms with Crippen LogP contribution in [-0.2, 0) is 0 Å². The molecule has 0 saturated heterocycles. The van der Waals surface area contributed by atoms with Crippen LogP contribution < -0.4 is 5.73 Å². The van der Waals surface area contributed by atoms with E-state index in [1.165, 1.54) is 6.92 Å². The molecule has 0 fully saturated rings. The average molecular weight is 231 g/mol. The number of halogens is 2. The zero-order valence-electron chi connectivity index (χ0n) is 8.11. The molecule has 1 rings (SSSR count). The van der Waals surface area contributed by atoms with Gasteiger partial charge in [0.2, 0.25) is 0 Å². The van der Waals surface area contributed by atoms with Gasteiger partial charge in [0, 0.05) is 6.20 Å². The first-order valence-electron chi connectivity index (χ1n) is 4.08. The van der Waals surface area contributed by atoms with Gasteiger partial charge in [-0.2, -0.15) is 0 Å². The molecule has 2 N–H and O–H groups in total. The van der Waals surface area contributed by atoms with E-state index in [9.17, 15) is 23.7 Å². The third kappa shape index (κ3) is 1.95. The van der Waals surface area contributed by atoms with Crippen molar-refractivity contribution >= 4 is 11.6 Å². The van der Waals surface area contributed by atoms with Gasteiger partial charge < -0.3 is 5.73 Å². The highest BCUT2D eigenvalue weighted by Crippen LogP contribution is 2.30. The summed E-state index contributed by atoms with van der Waals surface area (Å²) in [4.78, 5) is 24.1. The van der Waals surface area contributed by atoms with Crippen molar-refractivity contribution < 1.29 is 18.5 Å². The second-order valence-electron chi connectivity index (χ2n) is 2.94. The zero-order valence-corrected chi connectivity index (χ0v) is 8.11. The minimum absolute atomic E-state index is 0.136. The monoisotopic (exact) mass is 231 g/mol. The zero-order chi connectivity index (χ0) is 12.5. The van der Waals surface area contributed by atoms with Crippen molar-refractivity contribution in [3.05, 3.63) is 33.1 Å². The maximum atomic E-state index is 12.5. The first kappa shape index (κ1) is 12.0. The molecule has 0 spiro atoms. The lowest BCUT2D eigenvalue weighted by atomic mass is 10.1. The first-order valence-corrected chi connectivity index (χ1v) is 4.08. The lowest BCUT2D eigenvalue weighted by Crippen LogP contribution is -2.18. The Hall–Kier alpha value is -2.12. The molecule has 0 saturated carbocycles. The number of carbonyl (C=O) groups excluding carboxylic acids is 1. The summed E-state index contributed by atoms with van der Waals surface area (Å²) in [6.07, 6.45) is -2.33. The molecule has 1 amide bonds. The minimum Gasteiger partial charge on any atom is -0.365 e. The van der Waals surface area contributed by atoms with Crippen LogP contribution in [0.1, 0.15) is 28.0 Å². The van der Waals surface area contributed by atoms with E-state index in [0.717, 1.165) is 0 Å². The second-order valence-corrected chi connectivity index (χ2v) is 2.94. The first-order chi connectivity index (χ1) is 7.36. The van der Waals surface area contributed by atoms with E-state index in [1.54, 1.807) is 0 Å². The Morgan fingerprint density at radius 3 is 2.56 bits per heavy atom. The largest absolute Gasteiger partial charge is 0.365 e. The fourth-order valence-corrected chi connectivity index (χ4v) is 1.26. The number of alkyl halides is 2. The van der Waals surface area contributed by atoms with Gasteiger partial charge in [-0.25, -0.2) is 8.78 Å². The summed E-state index contributed by atoms with van der Waals surface area (Å²) in [5.41, 5.74) is 2.33. The molecule has 6 nitrogen and oxygen atoms in total. The molecule has 0 bridgehead atoms. The summed E-state index contributed by atoms with van der Waals surface area (Å²) < 4.78 is 25.0. The lowest BCUT2D eigenvalue weighted by molar-refractivity contribution is -0.386. The number of carbonyl (C=O) groups is 1. The van der Waals surface area contributed by atoms with Crippen molar-refractivity contribution in [1.29, 1.82) is 0 Å².